The number of aromatic nitrogens is 3. The van der Waals surface area contributed by atoms with E-state index < -0.39 is 41.9 Å². The number of allylic oxidation sites excluding steroid dienone is 1. The van der Waals surface area contributed by atoms with Crippen molar-refractivity contribution in [3.63, 3.8) is 0 Å². The molecule has 1 fully saturated rings. The van der Waals surface area contributed by atoms with E-state index in [1.165, 1.54) is 10.8 Å². The molecule has 1 aromatic carbocycles. The molecule has 0 saturated carbocycles. The van der Waals surface area contributed by atoms with Crippen LogP contribution >= 0.6 is 0 Å². The Labute approximate surface area is 231 Å². The molecule has 0 radical (unpaired) electrons. The van der Waals surface area contributed by atoms with Gasteiger partial charge in [0.1, 0.15) is 42.8 Å². The SMILES string of the molecule is C=C(C)Nc1ncnn2c([C@]3(C#N)O[C@H](COC(=O)Cc4ccccc4)[C@@H](OC(=O)[C@@H](N)C(C)C)[C@H]3O)ccc12. The van der Waals surface area contributed by atoms with Crippen molar-refractivity contribution in [1.29, 1.82) is 5.26 Å². The lowest BCUT2D eigenvalue weighted by Crippen LogP contribution is -2.46. The number of hydrogen-bond donors (Lipinski definition) is 3. The third-order valence-electron chi connectivity index (χ3n) is 6.60. The summed E-state index contributed by atoms with van der Waals surface area (Å²) in [5.41, 5.74) is 5.96. The molecular weight excluding hydrogens is 516 g/mol. The highest BCUT2D eigenvalue weighted by Gasteiger charge is 2.60. The number of fused-ring (bicyclic) bond motifs is 1. The van der Waals surface area contributed by atoms with E-state index >= 15 is 0 Å². The van der Waals surface area contributed by atoms with Crippen molar-refractivity contribution in [2.24, 2.45) is 11.7 Å². The molecule has 4 N–H and O–H groups in total. The van der Waals surface area contributed by atoms with E-state index in [2.05, 4.69) is 22.0 Å². The highest BCUT2D eigenvalue weighted by Crippen LogP contribution is 2.42. The summed E-state index contributed by atoms with van der Waals surface area (Å²) in [6.45, 7) is 8.69. The average Bonchev–Trinajstić information content (AvgIpc) is 3.48. The maximum atomic E-state index is 12.8. The number of carbonyl (C=O) groups is 2. The second kappa shape index (κ2) is 11.8. The van der Waals surface area contributed by atoms with Crippen LogP contribution in [0.3, 0.4) is 0 Å². The number of hydrogen-bond acceptors (Lipinski definition) is 11. The normalized spacial score (nSPS) is 23.0. The fourth-order valence-corrected chi connectivity index (χ4v) is 4.43. The van der Waals surface area contributed by atoms with Gasteiger partial charge in [-0.2, -0.15) is 10.4 Å². The van der Waals surface area contributed by atoms with Crippen LogP contribution in [0.25, 0.3) is 5.52 Å². The summed E-state index contributed by atoms with van der Waals surface area (Å²) in [4.78, 5) is 29.6. The number of nitrogens with one attached hydrogen (secondary N) is 1. The third-order valence-corrected chi connectivity index (χ3v) is 6.60. The standard InChI is InChI=1S/C28H32N6O6/c1-16(2)23(30)27(37)39-24-20(13-38-22(35)12-18-8-6-5-7-9-18)40-28(14-29,25(24)36)21-11-10-19-26(33-17(3)4)31-15-32-34(19)21/h5-11,15-16,20,23-25,36H,3,12-13,30H2,1-2,4H3,(H,31,32,33)/t20-,23+,24-,25-,28+/m1/s1. The van der Waals surface area contributed by atoms with Crippen LogP contribution in [0.15, 0.2) is 61.1 Å². The zero-order valence-corrected chi connectivity index (χ0v) is 22.5. The molecule has 3 heterocycles. The van der Waals surface area contributed by atoms with Gasteiger partial charge in [-0.3, -0.25) is 9.59 Å². The summed E-state index contributed by atoms with van der Waals surface area (Å²) >= 11 is 0. The highest BCUT2D eigenvalue weighted by atomic mass is 16.6. The van der Waals surface area contributed by atoms with Gasteiger partial charge in [-0.05, 0) is 30.5 Å². The first-order valence-corrected chi connectivity index (χ1v) is 12.8. The minimum Gasteiger partial charge on any atom is -0.463 e. The first-order valence-electron chi connectivity index (χ1n) is 12.8. The molecule has 12 nitrogen and oxygen atoms in total. The first kappa shape index (κ1) is 28.7. The quantitative estimate of drug-likeness (QED) is 0.315. The Balaban J connectivity index is 1.66. The maximum Gasteiger partial charge on any atom is 0.323 e. The fraction of sp³-hybridized carbons (Fsp3) is 0.393. The first-order chi connectivity index (χ1) is 19.1. The summed E-state index contributed by atoms with van der Waals surface area (Å²) in [6.07, 6.45) is -2.96. The molecule has 0 unspecified atom stereocenters. The molecule has 1 aliphatic heterocycles. The molecule has 1 saturated heterocycles. The zero-order valence-electron chi connectivity index (χ0n) is 22.5. The Kier molecular flexibility index (Phi) is 8.49. The van der Waals surface area contributed by atoms with Crippen molar-refractivity contribution >= 4 is 23.3 Å². The molecule has 0 aliphatic carbocycles. The molecule has 4 rings (SSSR count). The predicted octanol–water partition coefficient (Wildman–Crippen LogP) is 1.83. The molecule has 40 heavy (non-hydrogen) atoms. The number of nitrogens with zero attached hydrogens (tertiary/aromatic N) is 4. The molecule has 12 heteroatoms. The van der Waals surface area contributed by atoms with Gasteiger partial charge in [-0.25, -0.2) is 9.50 Å². The van der Waals surface area contributed by atoms with Crippen molar-refractivity contribution < 1.29 is 28.9 Å². The van der Waals surface area contributed by atoms with Crippen LogP contribution in [0.4, 0.5) is 5.82 Å². The fourth-order valence-electron chi connectivity index (χ4n) is 4.43. The highest BCUT2D eigenvalue weighted by molar-refractivity contribution is 5.76. The van der Waals surface area contributed by atoms with Crippen LogP contribution in [0.1, 0.15) is 32.0 Å². The Bertz CT molecular complexity index is 1430. The lowest BCUT2D eigenvalue weighted by atomic mass is 9.92. The van der Waals surface area contributed by atoms with Crippen molar-refractivity contribution in [2.75, 3.05) is 11.9 Å². The number of carbonyl (C=O) groups excluding carboxylic acids is 2. The van der Waals surface area contributed by atoms with E-state index in [4.69, 9.17) is 19.9 Å². The number of aliphatic hydroxyl groups excluding tert-OH is 1. The van der Waals surface area contributed by atoms with E-state index in [1.54, 1.807) is 57.2 Å². The van der Waals surface area contributed by atoms with Gasteiger partial charge in [-0.1, -0.05) is 50.8 Å². The third kappa shape index (κ3) is 5.67. The van der Waals surface area contributed by atoms with Gasteiger partial charge in [0.15, 0.2) is 11.9 Å². The van der Waals surface area contributed by atoms with Crippen LogP contribution < -0.4 is 11.1 Å². The van der Waals surface area contributed by atoms with Crippen molar-refractivity contribution in [1.82, 2.24) is 14.6 Å². The molecule has 0 spiro atoms. The largest absolute Gasteiger partial charge is 0.463 e. The molecule has 5 atom stereocenters. The lowest BCUT2D eigenvalue weighted by molar-refractivity contribution is -0.162. The summed E-state index contributed by atoms with van der Waals surface area (Å²) in [5, 5.41) is 29.1. The van der Waals surface area contributed by atoms with Gasteiger partial charge in [0.05, 0.1) is 12.1 Å². The number of ether oxygens (including phenoxy) is 3. The lowest BCUT2D eigenvalue weighted by Gasteiger charge is -2.25. The molecule has 210 valence electrons. The smallest absolute Gasteiger partial charge is 0.323 e. The molecule has 2 aromatic heterocycles. The Morgan fingerprint density at radius 2 is 2.02 bits per heavy atom. The summed E-state index contributed by atoms with van der Waals surface area (Å²) in [5.74, 6) is -1.17. The Hall–Kier alpha value is -4.31. The number of esters is 2. The molecular formula is C28H32N6O6. The van der Waals surface area contributed by atoms with E-state index in [0.29, 0.717) is 17.0 Å². The van der Waals surface area contributed by atoms with Crippen LogP contribution in [0.5, 0.6) is 0 Å². The molecule has 3 aromatic rings. The van der Waals surface area contributed by atoms with Crippen molar-refractivity contribution in [2.45, 2.75) is 57.1 Å². The second-order valence-electron chi connectivity index (χ2n) is 9.99. The summed E-state index contributed by atoms with van der Waals surface area (Å²) in [6, 6.07) is 13.3. The summed E-state index contributed by atoms with van der Waals surface area (Å²) in [7, 11) is 0. The number of nitrogens with two attached hydrogens (primary N) is 1. The zero-order chi connectivity index (χ0) is 29.0. The predicted molar refractivity (Wildman–Crippen MR) is 143 cm³/mol. The topological polar surface area (TPSA) is 174 Å². The van der Waals surface area contributed by atoms with Gasteiger partial charge >= 0.3 is 11.9 Å². The van der Waals surface area contributed by atoms with Gasteiger partial charge in [-0.15, -0.1) is 0 Å². The van der Waals surface area contributed by atoms with E-state index in [9.17, 15) is 20.0 Å². The second-order valence-corrected chi connectivity index (χ2v) is 9.99. The number of rotatable bonds is 10. The van der Waals surface area contributed by atoms with Gasteiger partial charge < -0.3 is 30.4 Å². The minimum absolute atomic E-state index is 0.000934. The minimum atomic E-state index is -2.04. The summed E-state index contributed by atoms with van der Waals surface area (Å²) < 4.78 is 18.6. The Morgan fingerprint density at radius 1 is 1.30 bits per heavy atom. The van der Waals surface area contributed by atoms with E-state index in [-0.39, 0.29) is 24.6 Å². The van der Waals surface area contributed by atoms with Gasteiger partial charge in [0.2, 0.25) is 5.60 Å². The number of nitriles is 1. The number of anilines is 1. The number of aliphatic hydroxyl groups is 1. The van der Waals surface area contributed by atoms with Crippen LogP contribution in [0.2, 0.25) is 0 Å². The van der Waals surface area contributed by atoms with Gasteiger partial charge in [0, 0.05) is 5.70 Å². The molecule has 1 aliphatic rings. The van der Waals surface area contributed by atoms with Crippen molar-refractivity contribution in [3.05, 3.63) is 72.3 Å². The van der Waals surface area contributed by atoms with Gasteiger partial charge in [0.25, 0.3) is 0 Å². The Morgan fingerprint density at radius 3 is 2.67 bits per heavy atom. The van der Waals surface area contributed by atoms with Crippen molar-refractivity contribution in [3.8, 4) is 6.07 Å². The van der Waals surface area contributed by atoms with E-state index in [0.717, 1.165) is 5.56 Å². The maximum absolute atomic E-state index is 12.8. The number of benzene rings is 1. The molecule has 0 bridgehead atoms. The van der Waals surface area contributed by atoms with E-state index in [1.807, 2.05) is 12.1 Å². The average molecular weight is 549 g/mol. The van der Waals surface area contributed by atoms with Crippen LogP contribution in [-0.2, 0) is 35.8 Å². The van der Waals surface area contributed by atoms with Crippen LogP contribution in [0, 0.1) is 17.2 Å². The monoisotopic (exact) mass is 548 g/mol. The van der Waals surface area contributed by atoms with Crippen LogP contribution in [-0.4, -0.2) is 62.6 Å². The molecule has 0 amide bonds.